The first kappa shape index (κ1) is 17.7. The van der Waals surface area contributed by atoms with Crippen LogP contribution in [0.2, 0.25) is 0 Å². The third kappa shape index (κ3) is 3.93. The van der Waals surface area contributed by atoms with Crippen LogP contribution in [0, 0.1) is 29.1 Å². The topological polar surface area (TPSA) is 60.7 Å². The van der Waals surface area contributed by atoms with Gasteiger partial charge >= 0.3 is 0 Å². The molecule has 3 nitrogen and oxygen atoms in total. The Bertz CT molecular complexity index is 350. The summed E-state index contributed by atoms with van der Waals surface area (Å²) in [4.78, 5) is 0. The highest BCUT2D eigenvalue weighted by atomic mass is 16.7. The first-order chi connectivity index (χ1) is 10.9. The maximum absolute atomic E-state index is 10.1. The lowest BCUT2D eigenvalue weighted by Gasteiger charge is -2.60. The minimum Gasteiger partial charge on any atom is -0.343 e. The summed E-state index contributed by atoms with van der Waals surface area (Å²) in [5, 5.41) is 30.3. The maximum Gasteiger partial charge on any atom is 0.278 e. The molecular weight excluding hydrogens is 288 g/mol. The van der Waals surface area contributed by atoms with E-state index in [4.69, 9.17) is 0 Å². The number of hydrogen-bond donors (Lipinski definition) is 3. The van der Waals surface area contributed by atoms with Crippen LogP contribution in [0.1, 0.15) is 90.4 Å². The molecule has 1 unspecified atom stereocenters. The van der Waals surface area contributed by atoms with Crippen LogP contribution in [0.3, 0.4) is 0 Å². The Balaban J connectivity index is 1.61. The van der Waals surface area contributed by atoms with Crippen molar-refractivity contribution in [1.82, 2.24) is 0 Å². The van der Waals surface area contributed by atoms with Crippen molar-refractivity contribution in [2.24, 2.45) is 29.1 Å². The third-order valence-corrected chi connectivity index (χ3v) is 7.14. The van der Waals surface area contributed by atoms with Gasteiger partial charge in [0, 0.05) is 5.92 Å². The fourth-order valence-corrected chi connectivity index (χ4v) is 6.64. The molecule has 134 valence electrons. The van der Waals surface area contributed by atoms with E-state index < -0.39 is 5.97 Å². The lowest BCUT2D eigenvalue weighted by atomic mass is 9.45. The van der Waals surface area contributed by atoms with Crippen LogP contribution in [0.15, 0.2) is 0 Å². The van der Waals surface area contributed by atoms with Crippen LogP contribution < -0.4 is 0 Å². The van der Waals surface area contributed by atoms with Crippen LogP contribution in [-0.4, -0.2) is 21.3 Å². The van der Waals surface area contributed by atoms with Crippen molar-refractivity contribution in [1.29, 1.82) is 0 Å². The third-order valence-electron chi connectivity index (χ3n) is 7.14. The summed E-state index contributed by atoms with van der Waals surface area (Å²) in [6.45, 7) is 2.22. The van der Waals surface area contributed by atoms with E-state index in [-0.39, 0.29) is 11.3 Å². The van der Waals surface area contributed by atoms with Gasteiger partial charge in [-0.1, -0.05) is 45.4 Å². The van der Waals surface area contributed by atoms with Gasteiger partial charge in [-0.25, -0.2) is 0 Å². The van der Waals surface area contributed by atoms with Crippen molar-refractivity contribution in [3.8, 4) is 0 Å². The Morgan fingerprint density at radius 1 is 0.826 bits per heavy atom. The second-order valence-corrected chi connectivity index (χ2v) is 9.08. The molecule has 0 saturated heterocycles. The van der Waals surface area contributed by atoms with Crippen molar-refractivity contribution in [3.05, 3.63) is 0 Å². The Hall–Kier alpha value is -0.120. The van der Waals surface area contributed by atoms with E-state index in [2.05, 4.69) is 6.92 Å². The van der Waals surface area contributed by atoms with Gasteiger partial charge in [-0.3, -0.25) is 0 Å². The monoisotopic (exact) mass is 324 g/mol. The summed E-state index contributed by atoms with van der Waals surface area (Å²) in [5.41, 5.74) is -0.00355. The summed E-state index contributed by atoms with van der Waals surface area (Å²) >= 11 is 0. The van der Waals surface area contributed by atoms with Crippen molar-refractivity contribution in [3.63, 3.8) is 0 Å². The summed E-state index contributed by atoms with van der Waals surface area (Å²) in [7, 11) is 0. The van der Waals surface area contributed by atoms with Crippen LogP contribution >= 0.6 is 0 Å². The molecule has 0 aromatic carbocycles. The molecule has 0 radical (unpaired) electrons. The molecule has 0 spiro atoms. The second kappa shape index (κ2) is 7.01. The molecule has 4 rings (SSSR count). The summed E-state index contributed by atoms with van der Waals surface area (Å²) in [6, 6.07) is 0. The van der Waals surface area contributed by atoms with Crippen LogP contribution in [0.25, 0.3) is 0 Å². The fourth-order valence-electron chi connectivity index (χ4n) is 6.64. The molecule has 0 aliphatic heterocycles. The van der Waals surface area contributed by atoms with Crippen LogP contribution in [0.4, 0.5) is 0 Å². The molecule has 1 atom stereocenters. The molecule has 0 amide bonds. The SMILES string of the molecule is CCCCCCCCC(C(O)(O)O)C12CC3CC(CC(C3)C1)C2. The molecule has 4 saturated carbocycles. The molecule has 4 fully saturated rings. The first-order valence-electron chi connectivity index (χ1n) is 10.1. The van der Waals surface area contributed by atoms with E-state index in [1.807, 2.05) is 0 Å². The van der Waals surface area contributed by atoms with Gasteiger partial charge in [0.05, 0.1) is 0 Å². The Kier molecular flexibility index (Phi) is 5.40. The Morgan fingerprint density at radius 3 is 1.78 bits per heavy atom. The average molecular weight is 325 g/mol. The van der Waals surface area contributed by atoms with Gasteiger partial charge < -0.3 is 15.3 Å². The zero-order valence-electron chi connectivity index (χ0n) is 14.8. The predicted molar refractivity (Wildman–Crippen MR) is 91.5 cm³/mol. The highest BCUT2D eigenvalue weighted by Crippen LogP contribution is 2.64. The Labute approximate surface area is 141 Å². The average Bonchev–Trinajstić information content (AvgIpc) is 2.43. The van der Waals surface area contributed by atoms with Gasteiger partial charge in [-0.05, 0) is 68.1 Å². The molecule has 0 aromatic rings. The van der Waals surface area contributed by atoms with E-state index in [9.17, 15) is 15.3 Å². The number of hydrogen-bond acceptors (Lipinski definition) is 3. The molecule has 0 heterocycles. The smallest absolute Gasteiger partial charge is 0.278 e. The van der Waals surface area contributed by atoms with Gasteiger partial charge in [0.2, 0.25) is 0 Å². The van der Waals surface area contributed by atoms with Gasteiger partial charge in [-0.2, -0.15) is 0 Å². The van der Waals surface area contributed by atoms with Gasteiger partial charge in [-0.15, -0.1) is 0 Å². The van der Waals surface area contributed by atoms with Crippen molar-refractivity contribution in [2.45, 2.75) is 96.4 Å². The van der Waals surface area contributed by atoms with E-state index in [0.29, 0.717) is 0 Å². The molecule has 4 aliphatic carbocycles. The molecule has 3 heteroatoms. The zero-order chi connectivity index (χ0) is 16.5. The van der Waals surface area contributed by atoms with E-state index in [1.165, 1.54) is 44.9 Å². The standard InChI is InChI=1S/C20H36O3/c1-2-3-4-5-6-7-8-18(20(21,22)23)19-12-15-9-16(13-19)11-17(10-15)14-19/h15-18,21-23H,2-14H2,1H3. The summed E-state index contributed by atoms with van der Waals surface area (Å²) in [5.74, 6) is -0.522. The molecule has 23 heavy (non-hydrogen) atoms. The van der Waals surface area contributed by atoms with Gasteiger partial charge in [0.15, 0.2) is 0 Å². The highest BCUT2D eigenvalue weighted by molar-refractivity contribution is 5.05. The second-order valence-electron chi connectivity index (χ2n) is 9.08. The lowest BCUT2D eigenvalue weighted by Crippen LogP contribution is -2.56. The number of rotatable bonds is 9. The normalized spacial score (nSPS) is 37.3. The largest absolute Gasteiger partial charge is 0.343 e. The van der Waals surface area contributed by atoms with E-state index >= 15 is 0 Å². The quantitative estimate of drug-likeness (QED) is 0.440. The molecule has 3 N–H and O–H groups in total. The van der Waals surface area contributed by atoms with E-state index in [0.717, 1.165) is 56.3 Å². The molecular formula is C20H36O3. The fraction of sp³-hybridized carbons (Fsp3) is 1.00. The number of unbranched alkanes of at least 4 members (excludes halogenated alkanes) is 5. The zero-order valence-corrected chi connectivity index (χ0v) is 14.8. The Morgan fingerprint density at radius 2 is 1.30 bits per heavy atom. The molecule has 0 aromatic heterocycles. The highest BCUT2D eigenvalue weighted by Gasteiger charge is 2.58. The van der Waals surface area contributed by atoms with Crippen molar-refractivity contribution < 1.29 is 15.3 Å². The number of aliphatic hydroxyl groups is 3. The predicted octanol–water partition coefficient (Wildman–Crippen LogP) is 4.20. The van der Waals surface area contributed by atoms with Crippen molar-refractivity contribution in [2.75, 3.05) is 0 Å². The maximum atomic E-state index is 10.1. The minimum absolute atomic E-state index is 0.00355. The lowest BCUT2D eigenvalue weighted by molar-refractivity contribution is -0.369. The van der Waals surface area contributed by atoms with Gasteiger partial charge in [0.25, 0.3) is 5.97 Å². The van der Waals surface area contributed by atoms with Crippen LogP contribution in [0.5, 0.6) is 0 Å². The minimum atomic E-state index is -2.49. The summed E-state index contributed by atoms with van der Waals surface area (Å²) in [6.07, 6.45) is 15.4. The van der Waals surface area contributed by atoms with Crippen LogP contribution in [-0.2, 0) is 0 Å². The molecule has 4 bridgehead atoms. The van der Waals surface area contributed by atoms with E-state index in [1.54, 1.807) is 0 Å². The van der Waals surface area contributed by atoms with Gasteiger partial charge in [0.1, 0.15) is 0 Å². The van der Waals surface area contributed by atoms with Crippen molar-refractivity contribution >= 4 is 0 Å². The first-order valence-corrected chi connectivity index (χ1v) is 10.1. The molecule has 4 aliphatic rings. The summed E-state index contributed by atoms with van der Waals surface area (Å²) < 4.78 is 0.